The zero-order chi connectivity index (χ0) is 39.7. The summed E-state index contributed by atoms with van der Waals surface area (Å²) in [4.78, 5) is 16.1. The van der Waals surface area contributed by atoms with E-state index in [1.54, 1.807) is 13.0 Å². The second kappa shape index (κ2) is 12.1. The van der Waals surface area contributed by atoms with Crippen molar-refractivity contribution in [2.45, 2.75) is 56.3 Å². The van der Waals surface area contributed by atoms with Crippen LogP contribution >= 0.6 is 11.3 Å². The van der Waals surface area contributed by atoms with E-state index >= 15 is 22.0 Å². The molecule has 4 N–H and O–H groups in total. The van der Waals surface area contributed by atoms with E-state index in [0.717, 1.165) is 24.4 Å². The summed E-state index contributed by atoms with van der Waals surface area (Å²) in [6.07, 6.45) is -3.29. The number of alkyl halides is 5. The Hall–Kier alpha value is -5.22. The Labute approximate surface area is 316 Å². The number of anilines is 3. The molecule has 3 atom stereocenters. The average Bonchev–Trinajstić information content (AvgIpc) is 3.38. The fourth-order valence-corrected chi connectivity index (χ4v) is 10.0. The molecule has 2 aromatic carbocycles. The first-order valence-corrected chi connectivity index (χ1v) is 18.4. The zero-order valence-electron chi connectivity index (χ0n) is 29.3. The molecule has 0 radical (unpaired) electrons. The monoisotopic (exact) mass is 802 g/mol. The maximum Gasteiger partial charge on any atom is 0.420 e. The zero-order valence-corrected chi connectivity index (χ0v) is 30.2. The van der Waals surface area contributed by atoms with Crippen molar-refractivity contribution in [3.05, 3.63) is 58.5 Å². The van der Waals surface area contributed by atoms with Crippen LogP contribution in [0.1, 0.15) is 55.3 Å². The van der Waals surface area contributed by atoms with Gasteiger partial charge in [-0.25, -0.2) is 26.9 Å². The number of halogens is 8. The van der Waals surface area contributed by atoms with Crippen molar-refractivity contribution in [3.8, 4) is 29.0 Å². The molecular formula is C37H30F8N8O2S. The Morgan fingerprint density at radius 2 is 1.88 bits per heavy atom. The van der Waals surface area contributed by atoms with Crippen LogP contribution in [0.3, 0.4) is 0 Å². The Morgan fingerprint density at radius 3 is 2.59 bits per heavy atom. The van der Waals surface area contributed by atoms with Gasteiger partial charge in [0.1, 0.15) is 64.4 Å². The minimum absolute atomic E-state index is 0.0836. The lowest BCUT2D eigenvalue weighted by Crippen LogP contribution is -2.43. The minimum atomic E-state index is -5.31. The van der Waals surface area contributed by atoms with Crippen LogP contribution in [0.25, 0.3) is 32.1 Å². The first-order valence-electron chi connectivity index (χ1n) is 17.6. The lowest BCUT2D eigenvalue weighted by atomic mass is 9.89. The maximum atomic E-state index is 17.5. The highest BCUT2D eigenvalue weighted by Crippen LogP contribution is 2.69. The molecule has 1 aliphatic carbocycles. The highest BCUT2D eigenvalue weighted by Gasteiger charge is 2.77. The molecule has 0 amide bonds. The summed E-state index contributed by atoms with van der Waals surface area (Å²) in [6, 6.07) is 3.27. The molecule has 4 aliphatic rings. The summed E-state index contributed by atoms with van der Waals surface area (Å²) in [7, 11) is 0. The number of thiophene rings is 1. The summed E-state index contributed by atoms with van der Waals surface area (Å²) < 4.78 is 134. The molecule has 0 bridgehead atoms. The van der Waals surface area contributed by atoms with Crippen molar-refractivity contribution >= 4 is 49.0 Å². The number of fused-ring (bicyclic) bond motifs is 2. The Balaban J connectivity index is 1.29. The number of ether oxygens (including phenoxy) is 2. The number of benzene rings is 2. The fourth-order valence-electron chi connectivity index (χ4n) is 9.06. The third-order valence-electron chi connectivity index (χ3n) is 11.8. The molecule has 2 saturated heterocycles. The van der Waals surface area contributed by atoms with E-state index in [1.165, 1.54) is 4.90 Å². The van der Waals surface area contributed by atoms with Gasteiger partial charge in [0.15, 0.2) is 5.82 Å². The van der Waals surface area contributed by atoms with Crippen molar-refractivity contribution in [2.75, 3.05) is 49.2 Å². The molecule has 1 spiro atoms. The summed E-state index contributed by atoms with van der Waals surface area (Å²) in [5.74, 6) is -7.18. The van der Waals surface area contributed by atoms with E-state index in [9.17, 15) is 18.4 Å². The number of hydrogen-bond donors (Lipinski definition) is 2. The van der Waals surface area contributed by atoms with Crippen molar-refractivity contribution in [3.63, 3.8) is 0 Å². The van der Waals surface area contributed by atoms with Crippen molar-refractivity contribution in [1.29, 1.82) is 5.26 Å². The highest BCUT2D eigenvalue weighted by atomic mass is 32.1. The number of hydrogen-bond acceptors (Lipinski definition) is 11. The number of rotatable bonds is 6. The lowest BCUT2D eigenvalue weighted by Gasteiger charge is -2.32. The van der Waals surface area contributed by atoms with Crippen molar-refractivity contribution in [2.24, 2.45) is 5.41 Å². The maximum absolute atomic E-state index is 17.5. The van der Waals surface area contributed by atoms with Crippen LogP contribution in [0.4, 0.5) is 51.8 Å². The minimum Gasteiger partial charge on any atom is -0.490 e. The molecule has 19 heteroatoms. The van der Waals surface area contributed by atoms with Gasteiger partial charge >= 0.3 is 12.2 Å². The average molecular weight is 803 g/mol. The Kier molecular flexibility index (Phi) is 7.90. The standard InChI is InChI=1S/C37H30F8N8O2S/c1-16(19-9-17(38)11-49-30(19)47)53-7-8-54-28-24-27(50-33(51-32(24)53)55-15-35-5-2-6-52(35)14-34(12-35)13-36(34,41)42)26(40)23(25(28)37(43,44)45)18-3-4-21(39)29-22(18)20(10-46)31(48)56-29/h3-4,9,11,16H,2,5-8,12-15,48H2,1H3,(H2,47,49)/t16-,34+,35+/m1/s1. The molecule has 10 nitrogen and oxygen atoms in total. The van der Waals surface area contributed by atoms with Crippen LogP contribution < -0.4 is 25.8 Å². The first-order chi connectivity index (χ1) is 26.5. The molecule has 3 aromatic heterocycles. The van der Waals surface area contributed by atoms with Gasteiger partial charge in [0.25, 0.3) is 5.92 Å². The van der Waals surface area contributed by atoms with Gasteiger partial charge in [-0.05, 0) is 50.4 Å². The second-order valence-electron chi connectivity index (χ2n) is 14.9. The summed E-state index contributed by atoms with van der Waals surface area (Å²) in [5, 5.41) is 8.92. The molecule has 9 rings (SSSR count). The number of nitriles is 1. The number of aromatic nitrogens is 3. The predicted molar refractivity (Wildman–Crippen MR) is 190 cm³/mol. The van der Waals surface area contributed by atoms with Gasteiger partial charge in [0.2, 0.25) is 0 Å². The van der Waals surface area contributed by atoms with Gasteiger partial charge in [0, 0.05) is 29.5 Å². The van der Waals surface area contributed by atoms with Crippen LogP contribution in [0.5, 0.6) is 11.8 Å². The fraction of sp³-hybridized carbons (Fsp3) is 0.405. The summed E-state index contributed by atoms with van der Waals surface area (Å²) in [5.41, 5.74) is 6.09. The van der Waals surface area contributed by atoms with Gasteiger partial charge in [-0.2, -0.15) is 28.4 Å². The lowest BCUT2D eigenvalue weighted by molar-refractivity contribution is -0.138. The van der Waals surface area contributed by atoms with Crippen LogP contribution in [-0.2, 0) is 6.18 Å². The molecule has 3 aliphatic heterocycles. The third kappa shape index (κ3) is 5.24. The Bertz CT molecular complexity index is 2540. The van der Waals surface area contributed by atoms with E-state index in [1.807, 2.05) is 4.90 Å². The van der Waals surface area contributed by atoms with Crippen molar-refractivity contribution in [1.82, 2.24) is 19.9 Å². The topological polar surface area (TPSA) is 139 Å². The van der Waals surface area contributed by atoms with Crippen LogP contribution in [0, 0.1) is 34.2 Å². The molecule has 292 valence electrons. The van der Waals surface area contributed by atoms with Crippen LogP contribution in [-0.4, -0.2) is 64.2 Å². The van der Waals surface area contributed by atoms with E-state index in [-0.39, 0.29) is 70.4 Å². The van der Waals surface area contributed by atoms with Gasteiger partial charge in [-0.15, -0.1) is 11.3 Å². The van der Waals surface area contributed by atoms with E-state index < -0.39 is 92.5 Å². The van der Waals surface area contributed by atoms with Gasteiger partial charge < -0.3 is 25.8 Å². The third-order valence-corrected chi connectivity index (χ3v) is 12.8. The predicted octanol–water partition coefficient (Wildman–Crippen LogP) is 7.98. The number of nitrogens with zero attached hydrogens (tertiary/aromatic N) is 6. The molecule has 1 saturated carbocycles. The summed E-state index contributed by atoms with van der Waals surface area (Å²) >= 11 is 0.624. The largest absolute Gasteiger partial charge is 0.490 e. The van der Waals surface area contributed by atoms with Crippen LogP contribution in [0.2, 0.25) is 0 Å². The molecular weight excluding hydrogens is 773 g/mol. The summed E-state index contributed by atoms with van der Waals surface area (Å²) in [6.45, 7) is 1.52. The molecule has 56 heavy (non-hydrogen) atoms. The quantitative estimate of drug-likeness (QED) is 0.163. The van der Waals surface area contributed by atoms with Crippen LogP contribution in [0.15, 0.2) is 24.4 Å². The van der Waals surface area contributed by atoms with Gasteiger partial charge in [-0.1, -0.05) is 6.07 Å². The second-order valence-corrected chi connectivity index (χ2v) is 16.0. The smallest absolute Gasteiger partial charge is 0.420 e. The van der Waals surface area contributed by atoms with Gasteiger partial charge in [0.05, 0.1) is 45.4 Å². The normalized spacial score (nSPS) is 23.3. The van der Waals surface area contributed by atoms with E-state index in [4.69, 9.17) is 20.9 Å². The molecule has 5 aromatic rings. The number of nitrogens with two attached hydrogens (primary N) is 2. The molecule has 6 heterocycles. The molecule has 3 fully saturated rings. The van der Waals surface area contributed by atoms with Gasteiger partial charge in [-0.3, -0.25) is 4.90 Å². The highest BCUT2D eigenvalue weighted by molar-refractivity contribution is 7.23. The van der Waals surface area contributed by atoms with E-state index in [0.29, 0.717) is 30.7 Å². The first kappa shape index (κ1) is 36.4. The molecule has 0 unspecified atom stereocenters. The Morgan fingerprint density at radius 1 is 1.11 bits per heavy atom. The van der Waals surface area contributed by atoms with Crippen molar-refractivity contribution < 1.29 is 44.6 Å². The number of pyridine rings is 1. The SMILES string of the molecule is C[C@H](c1cc(F)cnc1N)N1CCOc2c(C(F)(F)F)c(-c3ccc(F)c4sc(N)c(C#N)c34)c(F)c3nc(OC[C@@]45CCCN4C[C@@]4(CC4(F)F)C5)nc1c23. The number of nitrogen functional groups attached to an aromatic ring is 2. The van der Waals surface area contributed by atoms with E-state index in [2.05, 4.69) is 15.0 Å².